The molecule has 6 nitrogen and oxygen atoms in total. The summed E-state index contributed by atoms with van der Waals surface area (Å²) in [5.74, 6) is -2.08. The zero-order valence-corrected chi connectivity index (χ0v) is 15.7. The molecule has 1 aliphatic heterocycles. The van der Waals surface area contributed by atoms with Gasteiger partial charge in [0.1, 0.15) is 11.5 Å². The minimum atomic E-state index is -1.03. The number of hydrogen-bond donors (Lipinski definition) is 1. The van der Waals surface area contributed by atoms with Crippen molar-refractivity contribution in [2.75, 3.05) is 5.32 Å². The number of aromatic nitrogens is 2. The van der Waals surface area contributed by atoms with Crippen LogP contribution in [-0.2, 0) is 13.0 Å². The van der Waals surface area contributed by atoms with Crippen molar-refractivity contribution in [3.63, 3.8) is 0 Å². The van der Waals surface area contributed by atoms with Crippen LogP contribution in [0.3, 0.4) is 0 Å². The van der Waals surface area contributed by atoms with Crippen molar-refractivity contribution in [3.8, 4) is 11.5 Å². The van der Waals surface area contributed by atoms with Crippen LogP contribution in [0.15, 0.2) is 35.0 Å². The Bertz CT molecular complexity index is 1060. The molecule has 3 heterocycles. The van der Waals surface area contributed by atoms with Gasteiger partial charge in [0.15, 0.2) is 17.4 Å². The monoisotopic (exact) mass is 402 g/mol. The van der Waals surface area contributed by atoms with Gasteiger partial charge in [-0.05, 0) is 37.6 Å². The van der Waals surface area contributed by atoms with Crippen LogP contribution in [0.2, 0.25) is 0 Å². The summed E-state index contributed by atoms with van der Waals surface area (Å²) in [7, 11) is 0. The highest BCUT2D eigenvalue weighted by Gasteiger charge is 2.32. The second-order valence-corrected chi connectivity index (χ2v) is 7.00. The van der Waals surface area contributed by atoms with Gasteiger partial charge < -0.3 is 14.7 Å². The number of halogens is 3. The van der Waals surface area contributed by atoms with Gasteiger partial charge >= 0.3 is 6.03 Å². The van der Waals surface area contributed by atoms with E-state index in [2.05, 4.69) is 15.5 Å². The second kappa shape index (κ2) is 7.23. The number of carbonyl (C=O) groups is 1. The van der Waals surface area contributed by atoms with E-state index in [1.54, 1.807) is 4.90 Å². The first kappa shape index (κ1) is 19.0. The highest BCUT2D eigenvalue weighted by atomic mass is 19.2. The molecule has 1 atom stereocenters. The maximum atomic E-state index is 13.6. The normalized spacial score (nSPS) is 15.9. The smallest absolute Gasteiger partial charge is 0.322 e. The number of anilines is 1. The van der Waals surface area contributed by atoms with Crippen molar-refractivity contribution in [2.45, 2.75) is 32.9 Å². The third-order valence-electron chi connectivity index (χ3n) is 4.90. The van der Waals surface area contributed by atoms with Gasteiger partial charge in [0.2, 0.25) is 0 Å². The number of benzene rings is 1. The van der Waals surface area contributed by atoms with E-state index >= 15 is 0 Å². The van der Waals surface area contributed by atoms with E-state index in [9.17, 15) is 18.0 Å². The molecule has 3 aromatic rings. The molecule has 0 saturated heterocycles. The quantitative estimate of drug-likeness (QED) is 0.688. The number of hydrogen-bond acceptors (Lipinski definition) is 4. The SMILES string of the molecule is Cc1cc(NC(=O)N2Cc3c(noc3-c3ccc(F)cn3)CC2C)cc(F)c1F. The molecule has 150 valence electrons. The molecule has 9 heteroatoms. The fraction of sp³-hybridized carbons (Fsp3) is 0.250. The molecule has 0 bridgehead atoms. The lowest BCUT2D eigenvalue weighted by Gasteiger charge is -2.32. The van der Waals surface area contributed by atoms with E-state index in [0.29, 0.717) is 29.1 Å². The lowest BCUT2D eigenvalue weighted by molar-refractivity contribution is 0.182. The molecular weight excluding hydrogens is 385 g/mol. The molecule has 1 unspecified atom stereocenters. The number of aryl methyl sites for hydroxylation is 1. The summed E-state index contributed by atoms with van der Waals surface area (Å²) >= 11 is 0. The van der Waals surface area contributed by atoms with Gasteiger partial charge in [0, 0.05) is 29.8 Å². The summed E-state index contributed by atoms with van der Waals surface area (Å²) in [6.45, 7) is 3.45. The van der Waals surface area contributed by atoms with Gasteiger partial charge in [-0.1, -0.05) is 5.16 Å². The lowest BCUT2D eigenvalue weighted by atomic mass is 9.99. The van der Waals surface area contributed by atoms with Crippen LogP contribution in [-0.4, -0.2) is 27.1 Å². The number of rotatable bonds is 2. The highest BCUT2D eigenvalue weighted by molar-refractivity contribution is 5.90. The van der Waals surface area contributed by atoms with Crippen LogP contribution in [0.25, 0.3) is 11.5 Å². The molecule has 0 saturated carbocycles. The fourth-order valence-electron chi connectivity index (χ4n) is 3.36. The van der Waals surface area contributed by atoms with E-state index in [4.69, 9.17) is 4.52 Å². The minimum absolute atomic E-state index is 0.0954. The van der Waals surface area contributed by atoms with Crippen LogP contribution < -0.4 is 5.32 Å². The van der Waals surface area contributed by atoms with Crippen LogP contribution in [0.1, 0.15) is 23.7 Å². The number of amides is 2. The molecule has 0 radical (unpaired) electrons. The van der Waals surface area contributed by atoms with Gasteiger partial charge in [-0.3, -0.25) is 0 Å². The zero-order chi connectivity index (χ0) is 20.7. The van der Waals surface area contributed by atoms with E-state index in [1.807, 2.05) is 6.92 Å². The molecule has 29 heavy (non-hydrogen) atoms. The van der Waals surface area contributed by atoms with Crippen LogP contribution in [0.4, 0.5) is 23.7 Å². The number of urea groups is 1. The van der Waals surface area contributed by atoms with Gasteiger partial charge in [0.05, 0.1) is 18.4 Å². The average molecular weight is 402 g/mol. The topological polar surface area (TPSA) is 71.3 Å². The Morgan fingerprint density at radius 3 is 2.76 bits per heavy atom. The molecule has 2 amide bonds. The standard InChI is InChI=1S/C20H17F3N4O2/c1-10-5-13(7-15(22)18(10)23)25-20(28)27-9-14-17(6-11(27)2)26-29-19(14)16-4-3-12(21)8-24-16/h3-5,7-8,11H,6,9H2,1-2H3,(H,25,28). The van der Waals surface area contributed by atoms with Crippen molar-refractivity contribution in [3.05, 3.63) is 64.7 Å². The number of pyridine rings is 1. The largest absolute Gasteiger partial charge is 0.354 e. The Kier molecular flexibility index (Phi) is 4.73. The van der Waals surface area contributed by atoms with Gasteiger partial charge in [-0.15, -0.1) is 0 Å². The molecule has 1 N–H and O–H groups in total. The fourth-order valence-corrected chi connectivity index (χ4v) is 3.36. The third-order valence-corrected chi connectivity index (χ3v) is 4.90. The first-order valence-corrected chi connectivity index (χ1v) is 8.96. The Labute approximate surface area is 164 Å². The number of carbonyl (C=O) groups excluding carboxylic acids is 1. The summed E-state index contributed by atoms with van der Waals surface area (Å²) in [6.07, 6.45) is 1.52. The Balaban J connectivity index is 1.59. The lowest BCUT2D eigenvalue weighted by Crippen LogP contribution is -2.44. The van der Waals surface area contributed by atoms with Crippen LogP contribution in [0, 0.1) is 24.4 Å². The summed E-state index contributed by atoms with van der Waals surface area (Å²) in [5.41, 5.74) is 2.05. The van der Waals surface area contributed by atoms with Crippen molar-refractivity contribution >= 4 is 11.7 Å². The second-order valence-electron chi connectivity index (χ2n) is 7.00. The average Bonchev–Trinajstić information content (AvgIpc) is 3.08. The number of nitrogens with zero attached hydrogens (tertiary/aromatic N) is 3. The number of nitrogens with one attached hydrogen (secondary N) is 1. The maximum Gasteiger partial charge on any atom is 0.322 e. The minimum Gasteiger partial charge on any atom is -0.354 e. The summed E-state index contributed by atoms with van der Waals surface area (Å²) in [5, 5.41) is 6.66. The molecule has 4 rings (SSSR count). The molecule has 0 fully saturated rings. The van der Waals surface area contributed by atoms with E-state index < -0.39 is 23.5 Å². The van der Waals surface area contributed by atoms with Gasteiger partial charge in [-0.25, -0.2) is 22.9 Å². The predicted octanol–water partition coefficient (Wildman–Crippen LogP) is 4.44. The van der Waals surface area contributed by atoms with Gasteiger partial charge in [-0.2, -0.15) is 0 Å². The maximum absolute atomic E-state index is 13.6. The first-order valence-electron chi connectivity index (χ1n) is 8.96. The molecule has 0 spiro atoms. The third kappa shape index (κ3) is 3.55. The van der Waals surface area contributed by atoms with E-state index in [1.165, 1.54) is 25.1 Å². The number of fused-ring (bicyclic) bond motifs is 1. The van der Waals surface area contributed by atoms with Crippen molar-refractivity contribution in [1.29, 1.82) is 0 Å². The Hall–Kier alpha value is -3.36. The molecule has 2 aromatic heterocycles. The Morgan fingerprint density at radius 1 is 1.28 bits per heavy atom. The predicted molar refractivity (Wildman–Crippen MR) is 98.5 cm³/mol. The Morgan fingerprint density at radius 2 is 2.07 bits per heavy atom. The highest BCUT2D eigenvalue weighted by Crippen LogP contribution is 2.32. The van der Waals surface area contributed by atoms with E-state index in [0.717, 1.165) is 12.3 Å². The summed E-state index contributed by atoms with van der Waals surface area (Å²) in [6, 6.07) is 4.37. The van der Waals surface area contributed by atoms with E-state index in [-0.39, 0.29) is 23.8 Å². The van der Waals surface area contributed by atoms with Crippen LogP contribution >= 0.6 is 0 Å². The molecule has 1 aliphatic rings. The van der Waals surface area contributed by atoms with Crippen molar-refractivity contribution in [2.24, 2.45) is 0 Å². The summed E-state index contributed by atoms with van der Waals surface area (Å²) < 4.78 is 45.7. The molecular formula is C20H17F3N4O2. The van der Waals surface area contributed by atoms with Crippen LogP contribution in [0.5, 0.6) is 0 Å². The first-order chi connectivity index (χ1) is 13.8. The zero-order valence-electron chi connectivity index (χ0n) is 15.7. The van der Waals surface area contributed by atoms with Gasteiger partial charge in [0.25, 0.3) is 0 Å². The molecule has 0 aliphatic carbocycles. The summed E-state index contributed by atoms with van der Waals surface area (Å²) in [4.78, 5) is 18.3. The van der Waals surface area contributed by atoms with Crippen molar-refractivity contribution < 1.29 is 22.5 Å². The molecule has 1 aromatic carbocycles. The van der Waals surface area contributed by atoms with Crippen molar-refractivity contribution in [1.82, 2.24) is 15.0 Å².